The van der Waals surface area contributed by atoms with E-state index in [0.717, 1.165) is 16.7 Å². The molecule has 31 heavy (non-hydrogen) atoms. The van der Waals surface area contributed by atoms with Crippen molar-refractivity contribution < 1.29 is 24.4 Å². The van der Waals surface area contributed by atoms with E-state index in [1.54, 1.807) is 32.2 Å². The molecule has 2 aromatic rings. The van der Waals surface area contributed by atoms with Crippen molar-refractivity contribution in [3.63, 3.8) is 0 Å². The van der Waals surface area contributed by atoms with Crippen molar-refractivity contribution >= 4 is 17.6 Å². The molecule has 1 saturated heterocycles. The molecule has 9 nitrogen and oxygen atoms in total. The van der Waals surface area contributed by atoms with E-state index in [-0.39, 0.29) is 31.1 Å². The average molecular weight is 447 g/mol. The first kappa shape index (κ1) is 21.3. The molecule has 2 aliphatic rings. The van der Waals surface area contributed by atoms with Gasteiger partial charge in [0, 0.05) is 28.0 Å². The third kappa shape index (κ3) is 3.47. The van der Waals surface area contributed by atoms with Crippen LogP contribution in [0.5, 0.6) is 0 Å². The maximum Gasteiger partial charge on any atom is 0.340 e. The van der Waals surface area contributed by atoms with Gasteiger partial charge in [0.15, 0.2) is 0 Å². The van der Waals surface area contributed by atoms with E-state index in [4.69, 9.17) is 21.2 Å². The molecule has 0 radical (unpaired) electrons. The summed E-state index contributed by atoms with van der Waals surface area (Å²) in [6.45, 7) is 4.09. The summed E-state index contributed by atoms with van der Waals surface area (Å²) < 4.78 is 6.06. The van der Waals surface area contributed by atoms with E-state index in [1.165, 1.54) is 5.01 Å². The SMILES string of the molecule is CCON=[N+]([O-])N1CCC[C@]1(C(=O)O)c1c(C)ncc2c1CO[C@H]2c1ccc(Cl)cc1. The summed E-state index contributed by atoms with van der Waals surface area (Å²) >= 11 is 6.01. The van der Waals surface area contributed by atoms with Gasteiger partial charge in [-0.2, -0.15) is 0 Å². The Balaban J connectivity index is 1.85. The Morgan fingerprint density at radius 3 is 2.90 bits per heavy atom. The van der Waals surface area contributed by atoms with E-state index in [9.17, 15) is 15.1 Å². The minimum atomic E-state index is -1.61. The lowest BCUT2D eigenvalue weighted by Gasteiger charge is -2.32. The molecule has 4 rings (SSSR count). The second kappa shape index (κ2) is 8.32. The van der Waals surface area contributed by atoms with Gasteiger partial charge < -0.3 is 19.9 Å². The quantitative estimate of drug-likeness (QED) is 0.407. The van der Waals surface area contributed by atoms with E-state index in [1.807, 2.05) is 12.1 Å². The number of carboxylic acids is 1. The van der Waals surface area contributed by atoms with Crippen molar-refractivity contribution in [1.82, 2.24) is 9.99 Å². The van der Waals surface area contributed by atoms with Crippen molar-refractivity contribution in [3.05, 3.63) is 68.6 Å². The molecule has 10 heteroatoms. The first-order valence-electron chi connectivity index (χ1n) is 10.1. The summed E-state index contributed by atoms with van der Waals surface area (Å²) in [4.78, 5) is 22.3. The predicted octanol–water partition coefficient (Wildman–Crippen LogP) is 3.87. The number of nitrogens with zero attached hydrogens (tertiary/aromatic N) is 4. The highest BCUT2D eigenvalue weighted by atomic mass is 35.5. The molecule has 1 aromatic heterocycles. The predicted molar refractivity (Wildman–Crippen MR) is 110 cm³/mol. The van der Waals surface area contributed by atoms with Crippen LogP contribution in [0, 0.1) is 12.1 Å². The smallest absolute Gasteiger partial charge is 0.340 e. The zero-order valence-electron chi connectivity index (χ0n) is 17.2. The minimum Gasteiger partial charge on any atom is -0.569 e. The highest BCUT2D eigenvalue weighted by Gasteiger charge is 2.57. The van der Waals surface area contributed by atoms with Gasteiger partial charge in [-0.3, -0.25) is 4.98 Å². The van der Waals surface area contributed by atoms with Crippen molar-refractivity contribution in [2.75, 3.05) is 13.2 Å². The number of carbonyl (C=O) groups is 1. The number of carboxylic acid groups (broad SMARTS) is 1. The van der Waals surface area contributed by atoms with Crippen LogP contribution in [-0.4, -0.2) is 39.2 Å². The van der Waals surface area contributed by atoms with Crippen LogP contribution >= 0.6 is 11.6 Å². The normalized spacial score (nSPS) is 23.1. The molecule has 2 atom stereocenters. The van der Waals surface area contributed by atoms with Gasteiger partial charge >= 0.3 is 5.97 Å². The fraction of sp³-hybridized carbons (Fsp3) is 0.429. The van der Waals surface area contributed by atoms with Crippen LogP contribution in [0.25, 0.3) is 0 Å². The Morgan fingerprint density at radius 2 is 2.23 bits per heavy atom. The maximum atomic E-state index is 12.7. The number of hydrogen-bond donors (Lipinski definition) is 1. The maximum absolute atomic E-state index is 12.7. The molecule has 1 aromatic carbocycles. The van der Waals surface area contributed by atoms with Crippen molar-refractivity contribution in [3.8, 4) is 0 Å². The van der Waals surface area contributed by atoms with Crippen LogP contribution in [0.3, 0.4) is 0 Å². The second-order valence-electron chi connectivity index (χ2n) is 7.54. The van der Waals surface area contributed by atoms with Crippen molar-refractivity contribution in [1.29, 1.82) is 0 Å². The Labute approximate surface area is 184 Å². The average Bonchev–Trinajstić information content (AvgIpc) is 3.38. The van der Waals surface area contributed by atoms with Crippen LogP contribution in [0.4, 0.5) is 0 Å². The molecule has 0 saturated carbocycles. The van der Waals surface area contributed by atoms with Crippen molar-refractivity contribution in [2.45, 2.75) is 44.9 Å². The fourth-order valence-corrected chi connectivity index (χ4v) is 4.66. The minimum absolute atomic E-state index is 0.199. The van der Waals surface area contributed by atoms with E-state index < -0.39 is 17.6 Å². The second-order valence-corrected chi connectivity index (χ2v) is 7.98. The Hall–Kier alpha value is -2.91. The highest BCUT2D eigenvalue weighted by molar-refractivity contribution is 6.30. The number of fused-ring (bicyclic) bond motifs is 1. The number of aryl methyl sites for hydroxylation is 1. The zero-order chi connectivity index (χ0) is 22.2. The first-order valence-corrected chi connectivity index (χ1v) is 10.4. The molecule has 0 bridgehead atoms. The number of hydrazine groups is 1. The Bertz CT molecular complexity index is 1030. The molecular formula is C21H23ClN4O5. The van der Waals surface area contributed by atoms with Gasteiger partial charge in [0.25, 0.3) is 0 Å². The first-order chi connectivity index (χ1) is 14.9. The molecular weight excluding hydrogens is 424 g/mol. The lowest BCUT2D eigenvalue weighted by atomic mass is 9.82. The van der Waals surface area contributed by atoms with Crippen LogP contribution in [0.2, 0.25) is 5.02 Å². The van der Waals surface area contributed by atoms with Crippen LogP contribution in [-0.2, 0) is 26.5 Å². The largest absolute Gasteiger partial charge is 0.569 e. The summed E-state index contributed by atoms with van der Waals surface area (Å²) in [6.07, 6.45) is 2.08. The number of rotatable bonds is 6. The molecule has 2 aliphatic heterocycles. The number of halogens is 1. The lowest BCUT2D eigenvalue weighted by Crippen LogP contribution is -2.51. The summed E-state index contributed by atoms with van der Waals surface area (Å²) in [5.74, 6) is -1.13. The van der Waals surface area contributed by atoms with E-state index >= 15 is 0 Å². The number of ether oxygens (including phenoxy) is 1. The van der Waals surface area contributed by atoms with Gasteiger partial charge in [-0.1, -0.05) is 23.7 Å². The topological polar surface area (TPSA) is 110 Å². The summed E-state index contributed by atoms with van der Waals surface area (Å²) in [6, 6.07) is 7.30. The van der Waals surface area contributed by atoms with Crippen molar-refractivity contribution in [2.24, 2.45) is 5.28 Å². The van der Waals surface area contributed by atoms with Crippen LogP contribution in [0.1, 0.15) is 53.8 Å². The molecule has 164 valence electrons. The van der Waals surface area contributed by atoms with Crippen LogP contribution < -0.4 is 0 Å². The third-order valence-corrected chi connectivity index (χ3v) is 6.09. The molecule has 0 aliphatic carbocycles. The Morgan fingerprint density at radius 1 is 1.48 bits per heavy atom. The number of aliphatic carboxylic acids is 1. The summed E-state index contributed by atoms with van der Waals surface area (Å²) in [5, 5.41) is 28.3. The number of hydrogen-bond acceptors (Lipinski definition) is 6. The fourth-order valence-electron chi connectivity index (χ4n) is 4.54. The zero-order valence-corrected chi connectivity index (χ0v) is 18.0. The van der Waals surface area contributed by atoms with Gasteiger partial charge in [0.1, 0.15) is 12.7 Å². The van der Waals surface area contributed by atoms with Gasteiger partial charge in [0.05, 0.1) is 18.1 Å². The number of benzene rings is 1. The highest BCUT2D eigenvalue weighted by Crippen LogP contribution is 2.47. The molecule has 1 fully saturated rings. The molecule has 0 unspecified atom stereocenters. The van der Waals surface area contributed by atoms with E-state index in [2.05, 4.69) is 10.3 Å². The molecule has 0 amide bonds. The third-order valence-electron chi connectivity index (χ3n) is 5.84. The number of pyridine rings is 1. The lowest BCUT2D eigenvalue weighted by molar-refractivity contribution is -0.722. The summed E-state index contributed by atoms with van der Waals surface area (Å²) in [7, 11) is 0. The van der Waals surface area contributed by atoms with Gasteiger partial charge in [-0.25, -0.2) is 4.79 Å². The van der Waals surface area contributed by atoms with Gasteiger partial charge in [-0.15, -0.1) is 5.01 Å². The molecule has 1 N–H and O–H groups in total. The number of aromatic nitrogens is 1. The molecule has 3 heterocycles. The Kier molecular flexibility index (Phi) is 5.72. The molecule has 0 spiro atoms. The standard InChI is InChI=1S/C21H23ClN4O5/c1-3-31-24-26(29)25-10-4-9-21(25,20(27)28)18-13(2)23-11-16-17(18)12-30-19(16)14-5-7-15(22)8-6-14/h5-8,11,19H,3-4,9-10,12H2,1-2H3,(H,27,28)/t19-,21+/m0/s1. The van der Waals surface area contributed by atoms with E-state index in [0.29, 0.717) is 22.7 Å². The summed E-state index contributed by atoms with van der Waals surface area (Å²) in [5.41, 5.74) is 1.84. The van der Waals surface area contributed by atoms with Gasteiger partial charge in [-0.05, 0) is 49.9 Å². The monoisotopic (exact) mass is 446 g/mol. The van der Waals surface area contributed by atoms with Gasteiger partial charge in [0.2, 0.25) is 10.8 Å². The van der Waals surface area contributed by atoms with Crippen LogP contribution in [0.15, 0.2) is 35.7 Å².